The molecule has 2 unspecified atom stereocenters. The molecule has 0 aromatic carbocycles. The van der Waals surface area contributed by atoms with E-state index in [1.54, 1.807) is 0 Å². The van der Waals surface area contributed by atoms with Crippen LogP contribution in [0, 0.1) is 18.8 Å². The molecule has 0 saturated carbocycles. The second-order valence-corrected chi connectivity index (χ2v) is 5.83. The van der Waals surface area contributed by atoms with Gasteiger partial charge in [-0.05, 0) is 50.7 Å². The number of halogens is 1. The van der Waals surface area contributed by atoms with Crippen molar-refractivity contribution in [3.05, 3.63) is 34.6 Å². The van der Waals surface area contributed by atoms with E-state index in [9.17, 15) is 0 Å². The Hall–Kier alpha value is -1.02. The molecule has 1 aromatic rings. The summed E-state index contributed by atoms with van der Waals surface area (Å²) in [6.07, 6.45) is 4.87. The van der Waals surface area contributed by atoms with Crippen LogP contribution >= 0.6 is 11.6 Å². The smallest absolute Gasteiger partial charge is 0.129 e. The predicted octanol–water partition coefficient (Wildman–Crippen LogP) is 4.45. The molecule has 18 heavy (non-hydrogen) atoms. The normalized spacial score (nSPS) is 23.7. The average molecular weight is 265 g/mol. The molecule has 3 heteroatoms. The monoisotopic (exact) mass is 264 g/mol. The second-order valence-electron chi connectivity index (χ2n) is 5.44. The molecule has 0 radical (unpaired) electrons. The molecule has 1 aliphatic carbocycles. The van der Waals surface area contributed by atoms with Gasteiger partial charge in [-0.2, -0.15) is 0 Å². The number of anilines is 1. The molecular formula is C15H21ClN2. The van der Waals surface area contributed by atoms with E-state index < -0.39 is 0 Å². The van der Waals surface area contributed by atoms with Gasteiger partial charge < -0.3 is 5.32 Å². The van der Waals surface area contributed by atoms with Gasteiger partial charge in [0.2, 0.25) is 0 Å². The molecule has 0 fully saturated rings. The highest BCUT2D eigenvalue weighted by Crippen LogP contribution is 2.28. The molecule has 1 N–H and O–H groups in total. The summed E-state index contributed by atoms with van der Waals surface area (Å²) in [7, 11) is 0. The lowest BCUT2D eigenvalue weighted by atomic mass is 9.84. The lowest BCUT2D eigenvalue weighted by Crippen LogP contribution is -2.20. The number of pyridine rings is 1. The average Bonchev–Trinajstić information content (AvgIpc) is 2.26. The van der Waals surface area contributed by atoms with Crippen molar-refractivity contribution < 1.29 is 0 Å². The molecule has 1 aliphatic rings. The first-order valence-corrected chi connectivity index (χ1v) is 6.96. The van der Waals surface area contributed by atoms with Gasteiger partial charge in [-0.25, -0.2) is 4.98 Å². The highest BCUT2D eigenvalue weighted by Gasteiger charge is 2.17. The highest BCUT2D eigenvalue weighted by molar-refractivity contribution is 6.29. The maximum atomic E-state index is 5.86. The van der Waals surface area contributed by atoms with Crippen LogP contribution in [-0.2, 0) is 0 Å². The molecule has 2 rings (SSSR count). The van der Waals surface area contributed by atoms with Crippen molar-refractivity contribution in [2.45, 2.75) is 33.6 Å². The molecule has 0 saturated heterocycles. The SMILES string of the molecule is CC1=CC(C)CC(CNc2ccc(Cl)nc2C)C1. The van der Waals surface area contributed by atoms with Crippen molar-refractivity contribution >= 4 is 17.3 Å². The van der Waals surface area contributed by atoms with Gasteiger partial charge in [-0.3, -0.25) is 0 Å². The Bertz CT molecular complexity index is 454. The van der Waals surface area contributed by atoms with Gasteiger partial charge in [0.15, 0.2) is 0 Å². The van der Waals surface area contributed by atoms with Crippen molar-refractivity contribution in [1.29, 1.82) is 0 Å². The van der Waals surface area contributed by atoms with Crippen LogP contribution in [0.15, 0.2) is 23.8 Å². The fourth-order valence-corrected chi connectivity index (χ4v) is 3.00. The summed E-state index contributed by atoms with van der Waals surface area (Å²) in [6.45, 7) is 7.53. The maximum absolute atomic E-state index is 5.86. The molecule has 1 heterocycles. The van der Waals surface area contributed by atoms with Crippen LogP contribution in [0.25, 0.3) is 0 Å². The zero-order valence-electron chi connectivity index (χ0n) is 11.3. The number of hydrogen-bond donors (Lipinski definition) is 1. The van der Waals surface area contributed by atoms with Crippen molar-refractivity contribution in [3.8, 4) is 0 Å². The van der Waals surface area contributed by atoms with Crippen molar-refractivity contribution in [2.75, 3.05) is 11.9 Å². The summed E-state index contributed by atoms with van der Waals surface area (Å²) in [6, 6.07) is 3.85. The Kier molecular flexibility index (Phi) is 4.28. The third-order valence-corrected chi connectivity index (χ3v) is 3.73. The molecule has 0 spiro atoms. The minimum absolute atomic E-state index is 0.558. The standard InChI is InChI=1S/C15H21ClN2/c1-10-6-11(2)8-13(7-10)9-17-14-4-5-15(16)18-12(14)3/h4-6,10,13,17H,7-9H2,1-3H3. The van der Waals surface area contributed by atoms with Gasteiger partial charge in [0.25, 0.3) is 0 Å². The number of nitrogens with zero attached hydrogens (tertiary/aromatic N) is 1. The summed E-state index contributed by atoms with van der Waals surface area (Å²) in [5, 5.41) is 4.06. The zero-order chi connectivity index (χ0) is 13.1. The van der Waals surface area contributed by atoms with Crippen LogP contribution < -0.4 is 5.32 Å². The Labute approximate surface area is 114 Å². The Morgan fingerprint density at radius 2 is 2.17 bits per heavy atom. The zero-order valence-corrected chi connectivity index (χ0v) is 12.1. The van der Waals surface area contributed by atoms with Crippen molar-refractivity contribution in [2.24, 2.45) is 11.8 Å². The van der Waals surface area contributed by atoms with Gasteiger partial charge in [-0.15, -0.1) is 0 Å². The number of aryl methyl sites for hydroxylation is 1. The Balaban J connectivity index is 1.94. The van der Waals surface area contributed by atoms with E-state index in [1.165, 1.54) is 18.4 Å². The van der Waals surface area contributed by atoms with Crippen LogP contribution in [0.5, 0.6) is 0 Å². The predicted molar refractivity (Wildman–Crippen MR) is 78.1 cm³/mol. The summed E-state index contributed by atoms with van der Waals surface area (Å²) >= 11 is 5.86. The van der Waals surface area contributed by atoms with E-state index in [-0.39, 0.29) is 0 Å². The van der Waals surface area contributed by atoms with E-state index in [1.807, 2.05) is 19.1 Å². The van der Waals surface area contributed by atoms with Crippen molar-refractivity contribution in [1.82, 2.24) is 4.98 Å². The molecular weight excluding hydrogens is 244 g/mol. The second kappa shape index (κ2) is 5.75. The van der Waals surface area contributed by atoms with Gasteiger partial charge >= 0.3 is 0 Å². The molecule has 2 atom stereocenters. The molecule has 0 aliphatic heterocycles. The van der Waals surface area contributed by atoms with Gasteiger partial charge in [0.1, 0.15) is 5.15 Å². The number of hydrogen-bond acceptors (Lipinski definition) is 2. The first-order valence-electron chi connectivity index (χ1n) is 6.59. The Morgan fingerprint density at radius 3 is 2.83 bits per heavy atom. The van der Waals surface area contributed by atoms with E-state index in [4.69, 9.17) is 11.6 Å². The molecule has 1 aromatic heterocycles. The molecule has 0 amide bonds. The van der Waals surface area contributed by atoms with E-state index in [0.717, 1.165) is 23.8 Å². The highest BCUT2D eigenvalue weighted by atomic mass is 35.5. The largest absolute Gasteiger partial charge is 0.383 e. The third kappa shape index (κ3) is 3.49. The molecule has 0 bridgehead atoms. The number of rotatable bonds is 3. The number of nitrogens with one attached hydrogen (secondary N) is 1. The fraction of sp³-hybridized carbons (Fsp3) is 0.533. The van der Waals surface area contributed by atoms with Crippen molar-refractivity contribution in [3.63, 3.8) is 0 Å². The summed E-state index contributed by atoms with van der Waals surface area (Å²) < 4.78 is 0. The van der Waals surface area contributed by atoms with E-state index in [2.05, 4.69) is 30.2 Å². The summed E-state index contributed by atoms with van der Waals surface area (Å²) in [4.78, 5) is 4.26. The van der Waals surface area contributed by atoms with E-state index in [0.29, 0.717) is 11.1 Å². The van der Waals surface area contributed by atoms with E-state index >= 15 is 0 Å². The summed E-state index contributed by atoms with van der Waals surface area (Å²) in [5.41, 5.74) is 3.59. The minimum atomic E-state index is 0.558. The van der Waals surface area contributed by atoms with Crippen LogP contribution in [0.4, 0.5) is 5.69 Å². The maximum Gasteiger partial charge on any atom is 0.129 e. The van der Waals surface area contributed by atoms with Crippen LogP contribution in [-0.4, -0.2) is 11.5 Å². The molecule has 98 valence electrons. The van der Waals surface area contributed by atoms with Gasteiger partial charge in [0, 0.05) is 6.54 Å². The van der Waals surface area contributed by atoms with Crippen LogP contribution in [0.2, 0.25) is 5.15 Å². The lowest BCUT2D eigenvalue weighted by Gasteiger charge is -2.26. The van der Waals surface area contributed by atoms with Crippen LogP contribution in [0.3, 0.4) is 0 Å². The van der Waals surface area contributed by atoms with Crippen LogP contribution in [0.1, 0.15) is 32.4 Å². The first-order chi connectivity index (χ1) is 8.54. The third-order valence-electron chi connectivity index (χ3n) is 3.52. The minimum Gasteiger partial charge on any atom is -0.383 e. The number of aromatic nitrogens is 1. The topological polar surface area (TPSA) is 24.9 Å². The van der Waals surface area contributed by atoms with Gasteiger partial charge in [-0.1, -0.05) is 30.2 Å². The first kappa shape index (κ1) is 13.4. The quantitative estimate of drug-likeness (QED) is 0.645. The Morgan fingerprint density at radius 1 is 1.39 bits per heavy atom. The number of allylic oxidation sites excluding steroid dienone is 2. The summed E-state index contributed by atoms with van der Waals surface area (Å²) in [5.74, 6) is 1.43. The fourth-order valence-electron chi connectivity index (χ4n) is 2.81. The molecule has 2 nitrogen and oxygen atoms in total. The lowest BCUT2D eigenvalue weighted by molar-refractivity contribution is 0.421. The van der Waals surface area contributed by atoms with Gasteiger partial charge in [0.05, 0.1) is 11.4 Å².